The van der Waals surface area contributed by atoms with Gasteiger partial charge >= 0.3 is 6.09 Å². The molecule has 0 aliphatic rings. The second-order valence-electron chi connectivity index (χ2n) is 7.69. The lowest BCUT2D eigenvalue weighted by atomic mass is 10.2. The molecule has 0 aromatic heterocycles. The lowest BCUT2D eigenvalue weighted by Gasteiger charge is -2.20. The summed E-state index contributed by atoms with van der Waals surface area (Å²) in [6.45, 7) is 9.60. The molecule has 0 fully saturated rings. The number of thioether (sulfide) groups is 1. The molecule has 2 rings (SSSR count). The quantitative estimate of drug-likeness (QED) is 0.583. The third kappa shape index (κ3) is 7.34. The van der Waals surface area contributed by atoms with Gasteiger partial charge in [-0.3, -0.25) is 10.1 Å². The minimum Gasteiger partial charge on any atom is -0.495 e. The predicted octanol–water partition coefficient (Wildman–Crippen LogP) is 5.80. The highest BCUT2D eigenvalue weighted by Crippen LogP contribution is 2.29. The highest BCUT2D eigenvalue weighted by molar-refractivity contribution is 7.99. The van der Waals surface area contributed by atoms with Crippen molar-refractivity contribution < 1.29 is 19.1 Å². The number of hydrogen-bond donors (Lipinski definition) is 2. The van der Waals surface area contributed by atoms with Gasteiger partial charge in [0.2, 0.25) is 0 Å². The van der Waals surface area contributed by atoms with Gasteiger partial charge < -0.3 is 14.8 Å². The normalized spacial score (nSPS) is 11.1. The van der Waals surface area contributed by atoms with Crippen molar-refractivity contribution >= 4 is 35.1 Å². The lowest BCUT2D eigenvalue weighted by Crippen LogP contribution is -2.27. The van der Waals surface area contributed by atoms with Gasteiger partial charge in [0.1, 0.15) is 11.4 Å². The Morgan fingerprint density at radius 1 is 1.00 bits per heavy atom. The van der Waals surface area contributed by atoms with Crippen LogP contribution >= 0.6 is 11.8 Å². The maximum absolute atomic E-state index is 12.6. The second kappa shape index (κ2) is 9.69. The first-order chi connectivity index (χ1) is 13.6. The van der Waals surface area contributed by atoms with Crippen LogP contribution in [-0.2, 0) is 4.74 Å². The molecule has 0 bridgehead atoms. The third-order valence-corrected chi connectivity index (χ3v) is 4.60. The van der Waals surface area contributed by atoms with E-state index in [2.05, 4.69) is 24.5 Å². The van der Waals surface area contributed by atoms with Crippen molar-refractivity contribution in [3.8, 4) is 5.75 Å². The van der Waals surface area contributed by atoms with Crippen LogP contribution in [0.5, 0.6) is 5.75 Å². The number of rotatable bonds is 6. The van der Waals surface area contributed by atoms with Gasteiger partial charge in [-0.25, -0.2) is 4.79 Å². The summed E-state index contributed by atoms with van der Waals surface area (Å²) in [7, 11) is 1.50. The summed E-state index contributed by atoms with van der Waals surface area (Å²) >= 11 is 1.74. The van der Waals surface area contributed by atoms with Crippen LogP contribution in [0.1, 0.15) is 45.0 Å². The van der Waals surface area contributed by atoms with Gasteiger partial charge in [-0.1, -0.05) is 13.8 Å². The molecule has 156 valence electrons. The molecule has 29 heavy (non-hydrogen) atoms. The Morgan fingerprint density at radius 2 is 1.66 bits per heavy atom. The molecule has 0 aliphatic carbocycles. The molecule has 2 N–H and O–H groups in total. The zero-order chi connectivity index (χ0) is 21.6. The van der Waals surface area contributed by atoms with E-state index in [1.54, 1.807) is 62.9 Å². The molecule has 0 atom stereocenters. The average Bonchev–Trinajstić information content (AvgIpc) is 2.60. The number of methoxy groups -OCH3 is 1. The molecule has 0 spiro atoms. The summed E-state index contributed by atoms with van der Waals surface area (Å²) in [5.41, 5.74) is 0.865. The fraction of sp³-hybridized carbons (Fsp3) is 0.364. The van der Waals surface area contributed by atoms with Crippen LogP contribution in [0, 0.1) is 0 Å². The Balaban J connectivity index is 2.12. The van der Waals surface area contributed by atoms with Gasteiger partial charge in [-0.2, -0.15) is 0 Å². The number of hydrogen-bond acceptors (Lipinski definition) is 5. The third-order valence-electron chi connectivity index (χ3n) is 3.58. The van der Waals surface area contributed by atoms with E-state index < -0.39 is 11.7 Å². The predicted molar refractivity (Wildman–Crippen MR) is 118 cm³/mol. The summed E-state index contributed by atoms with van der Waals surface area (Å²) < 4.78 is 10.6. The number of amides is 2. The monoisotopic (exact) mass is 416 g/mol. The first-order valence-corrected chi connectivity index (χ1v) is 10.2. The standard InChI is InChI=1S/C22H28N2O4S/c1-14(2)29-17-10-7-15(8-11-17)20(25)23-16-9-12-19(27-6)18(13-16)24-21(26)28-22(3,4)5/h7-14H,1-6H3,(H,23,25)(H,24,26). The van der Waals surface area contributed by atoms with Crippen molar-refractivity contribution in [1.82, 2.24) is 0 Å². The molecule has 0 saturated carbocycles. The van der Waals surface area contributed by atoms with Crippen LogP contribution in [0.3, 0.4) is 0 Å². The molecule has 2 aromatic carbocycles. The second-order valence-corrected chi connectivity index (χ2v) is 9.34. The van der Waals surface area contributed by atoms with Crippen LogP contribution < -0.4 is 15.4 Å². The molecule has 7 heteroatoms. The zero-order valence-electron chi connectivity index (χ0n) is 17.7. The van der Waals surface area contributed by atoms with Crippen molar-refractivity contribution in [3.05, 3.63) is 48.0 Å². The number of benzene rings is 2. The fourth-order valence-corrected chi connectivity index (χ4v) is 3.29. The zero-order valence-corrected chi connectivity index (χ0v) is 18.5. The number of carbonyl (C=O) groups excluding carboxylic acids is 2. The summed E-state index contributed by atoms with van der Waals surface area (Å²) in [6.07, 6.45) is -0.600. The number of anilines is 2. The molecular weight excluding hydrogens is 388 g/mol. The van der Waals surface area contributed by atoms with Crippen LogP contribution in [-0.4, -0.2) is 30.0 Å². The highest BCUT2D eigenvalue weighted by atomic mass is 32.2. The Kier molecular flexibility index (Phi) is 7.56. The minimum atomic E-state index is -0.622. The summed E-state index contributed by atoms with van der Waals surface area (Å²) in [4.78, 5) is 25.8. The van der Waals surface area contributed by atoms with Crippen molar-refractivity contribution in [2.24, 2.45) is 0 Å². The maximum Gasteiger partial charge on any atom is 0.412 e. The number of ether oxygens (including phenoxy) is 2. The molecule has 0 heterocycles. The number of carbonyl (C=O) groups is 2. The van der Waals surface area contributed by atoms with Crippen LogP contribution in [0.15, 0.2) is 47.4 Å². The van der Waals surface area contributed by atoms with Crippen LogP contribution in [0.2, 0.25) is 0 Å². The van der Waals surface area contributed by atoms with E-state index in [4.69, 9.17) is 9.47 Å². The van der Waals surface area contributed by atoms with Gasteiger partial charge in [0.25, 0.3) is 5.91 Å². The van der Waals surface area contributed by atoms with E-state index in [9.17, 15) is 9.59 Å². The summed E-state index contributed by atoms with van der Waals surface area (Å²) in [5, 5.41) is 5.97. The smallest absolute Gasteiger partial charge is 0.412 e. The van der Waals surface area contributed by atoms with Gasteiger partial charge in [0.15, 0.2) is 0 Å². The Hall–Kier alpha value is -2.67. The first kappa shape index (κ1) is 22.6. The first-order valence-electron chi connectivity index (χ1n) is 9.33. The number of nitrogens with one attached hydrogen (secondary N) is 2. The molecule has 0 saturated heterocycles. The van der Waals surface area contributed by atoms with Crippen molar-refractivity contribution in [2.75, 3.05) is 17.7 Å². The molecule has 2 amide bonds. The molecular formula is C22H28N2O4S. The van der Waals surface area contributed by atoms with Gasteiger partial charge in [-0.15, -0.1) is 11.8 Å². The molecule has 0 unspecified atom stereocenters. The van der Waals surface area contributed by atoms with Crippen LogP contribution in [0.25, 0.3) is 0 Å². The highest BCUT2D eigenvalue weighted by Gasteiger charge is 2.18. The lowest BCUT2D eigenvalue weighted by molar-refractivity contribution is 0.0635. The molecule has 2 aromatic rings. The van der Waals surface area contributed by atoms with Crippen molar-refractivity contribution in [3.63, 3.8) is 0 Å². The van der Waals surface area contributed by atoms with E-state index >= 15 is 0 Å². The Labute approximate surface area is 176 Å². The average molecular weight is 417 g/mol. The summed E-state index contributed by atoms with van der Waals surface area (Å²) in [5.74, 6) is 0.225. The maximum atomic E-state index is 12.6. The van der Waals surface area contributed by atoms with Gasteiger partial charge in [0.05, 0.1) is 12.8 Å². The molecule has 6 nitrogen and oxygen atoms in total. The molecule has 0 radical (unpaired) electrons. The van der Waals surface area contributed by atoms with Crippen molar-refractivity contribution in [2.45, 2.75) is 50.4 Å². The van der Waals surface area contributed by atoms with E-state index in [1.807, 2.05) is 12.1 Å². The summed E-state index contributed by atoms with van der Waals surface area (Å²) in [6, 6.07) is 12.5. The largest absolute Gasteiger partial charge is 0.495 e. The Bertz CT molecular complexity index is 858. The Morgan fingerprint density at radius 3 is 2.21 bits per heavy atom. The van der Waals surface area contributed by atoms with E-state index in [1.165, 1.54) is 7.11 Å². The van der Waals surface area contributed by atoms with Gasteiger partial charge in [-0.05, 0) is 63.2 Å². The van der Waals surface area contributed by atoms with E-state index in [0.29, 0.717) is 27.9 Å². The van der Waals surface area contributed by atoms with Crippen LogP contribution in [0.4, 0.5) is 16.2 Å². The van der Waals surface area contributed by atoms with Gasteiger partial charge in [0, 0.05) is 21.4 Å². The van der Waals surface area contributed by atoms with E-state index in [0.717, 1.165) is 4.90 Å². The fourth-order valence-electron chi connectivity index (χ4n) is 2.46. The SMILES string of the molecule is COc1ccc(NC(=O)c2ccc(SC(C)C)cc2)cc1NC(=O)OC(C)(C)C. The van der Waals surface area contributed by atoms with E-state index in [-0.39, 0.29) is 5.91 Å². The van der Waals surface area contributed by atoms with Crippen molar-refractivity contribution in [1.29, 1.82) is 0 Å². The minimum absolute atomic E-state index is 0.237. The topological polar surface area (TPSA) is 76.7 Å². The molecule has 0 aliphatic heterocycles.